The molecule has 1 aliphatic rings. The van der Waals surface area contributed by atoms with Crippen LogP contribution in [0.3, 0.4) is 0 Å². The molecule has 0 radical (unpaired) electrons. The van der Waals surface area contributed by atoms with E-state index < -0.39 is 0 Å². The Morgan fingerprint density at radius 1 is 1.20 bits per heavy atom. The highest BCUT2D eigenvalue weighted by Crippen LogP contribution is 2.25. The molecule has 2 aromatic heterocycles. The van der Waals surface area contributed by atoms with Crippen molar-refractivity contribution >= 4 is 5.91 Å². The zero-order valence-electron chi connectivity index (χ0n) is 17.2. The quantitative estimate of drug-likeness (QED) is 0.645. The standard InChI is InChI=1S/C24H27N3O3/c1-18-4-5-23(22(15-18)24(28)26-16-21-3-2-14-29-21)30-20-8-12-27(13-9-20)17-19-6-10-25-11-7-19/h2-7,10-11,14-15,20H,8-9,12-13,16-17H2,1H3,(H,26,28). The van der Waals surface area contributed by atoms with Gasteiger partial charge >= 0.3 is 0 Å². The Kier molecular flexibility index (Phi) is 6.44. The van der Waals surface area contributed by atoms with Gasteiger partial charge in [0.15, 0.2) is 0 Å². The lowest BCUT2D eigenvalue weighted by molar-refractivity contribution is 0.0888. The normalized spacial score (nSPS) is 15.1. The Balaban J connectivity index is 1.34. The third kappa shape index (κ3) is 5.27. The van der Waals surface area contributed by atoms with E-state index in [9.17, 15) is 4.79 Å². The molecule has 0 bridgehead atoms. The molecule has 3 aromatic rings. The molecule has 156 valence electrons. The van der Waals surface area contributed by atoms with Crippen LogP contribution in [0.25, 0.3) is 0 Å². The molecule has 1 aliphatic heterocycles. The summed E-state index contributed by atoms with van der Waals surface area (Å²) in [5.74, 6) is 1.21. The zero-order chi connectivity index (χ0) is 20.8. The number of carbonyl (C=O) groups is 1. The lowest BCUT2D eigenvalue weighted by Crippen LogP contribution is -2.38. The van der Waals surface area contributed by atoms with Crippen molar-refractivity contribution < 1.29 is 13.9 Å². The van der Waals surface area contributed by atoms with Crippen LogP contribution in [-0.2, 0) is 13.1 Å². The molecule has 4 rings (SSSR count). The Morgan fingerprint density at radius 2 is 2.00 bits per heavy atom. The van der Waals surface area contributed by atoms with E-state index in [1.807, 2.05) is 49.6 Å². The minimum Gasteiger partial charge on any atom is -0.489 e. The van der Waals surface area contributed by atoms with Crippen LogP contribution in [0, 0.1) is 6.92 Å². The van der Waals surface area contributed by atoms with Gasteiger partial charge in [0.1, 0.15) is 17.6 Å². The van der Waals surface area contributed by atoms with Crippen molar-refractivity contribution in [3.63, 3.8) is 0 Å². The second-order valence-corrected chi connectivity index (χ2v) is 7.71. The van der Waals surface area contributed by atoms with Gasteiger partial charge in [-0.05, 0) is 61.7 Å². The molecule has 1 N–H and O–H groups in total. The number of likely N-dealkylation sites (tertiary alicyclic amines) is 1. The van der Waals surface area contributed by atoms with Gasteiger partial charge in [-0.25, -0.2) is 0 Å². The number of carbonyl (C=O) groups excluding carboxylic acids is 1. The van der Waals surface area contributed by atoms with E-state index in [0.29, 0.717) is 17.9 Å². The number of piperidine rings is 1. The van der Waals surface area contributed by atoms with Crippen molar-refractivity contribution in [3.8, 4) is 5.75 Å². The van der Waals surface area contributed by atoms with E-state index in [1.165, 1.54) is 5.56 Å². The largest absolute Gasteiger partial charge is 0.489 e. The van der Waals surface area contributed by atoms with E-state index in [-0.39, 0.29) is 12.0 Å². The fraction of sp³-hybridized carbons (Fsp3) is 0.333. The number of furan rings is 1. The van der Waals surface area contributed by atoms with Crippen LogP contribution in [0.1, 0.15) is 40.1 Å². The lowest BCUT2D eigenvalue weighted by atomic mass is 10.1. The van der Waals surface area contributed by atoms with Gasteiger partial charge in [0.05, 0.1) is 18.4 Å². The Labute approximate surface area is 176 Å². The molecule has 1 saturated heterocycles. The molecule has 1 fully saturated rings. The molecule has 3 heterocycles. The maximum atomic E-state index is 12.8. The molecule has 0 aliphatic carbocycles. The maximum absolute atomic E-state index is 12.8. The summed E-state index contributed by atoms with van der Waals surface area (Å²) in [7, 11) is 0. The number of hydrogen-bond donors (Lipinski definition) is 1. The molecule has 0 atom stereocenters. The highest BCUT2D eigenvalue weighted by molar-refractivity contribution is 5.97. The number of ether oxygens (including phenoxy) is 1. The molecular formula is C24H27N3O3. The molecule has 6 heteroatoms. The average Bonchev–Trinajstić information content (AvgIpc) is 3.29. The number of aryl methyl sites for hydroxylation is 1. The number of nitrogens with zero attached hydrogens (tertiary/aromatic N) is 2. The summed E-state index contributed by atoms with van der Waals surface area (Å²) in [6.45, 7) is 5.20. The third-order valence-electron chi connectivity index (χ3n) is 5.37. The second-order valence-electron chi connectivity index (χ2n) is 7.71. The van der Waals surface area contributed by atoms with Gasteiger partial charge in [-0.15, -0.1) is 0 Å². The maximum Gasteiger partial charge on any atom is 0.255 e. The predicted molar refractivity (Wildman–Crippen MR) is 114 cm³/mol. The van der Waals surface area contributed by atoms with Gasteiger partial charge in [0.25, 0.3) is 5.91 Å². The van der Waals surface area contributed by atoms with Gasteiger partial charge in [0, 0.05) is 32.0 Å². The molecular weight excluding hydrogens is 378 g/mol. The van der Waals surface area contributed by atoms with E-state index >= 15 is 0 Å². The SMILES string of the molecule is Cc1ccc(OC2CCN(Cc3ccncc3)CC2)c(C(=O)NCc2ccco2)c1. The number of amides is 1. The Bertz CT molecular complexity index is 949. The van der Waals surface area contributed by atoms with Crippen LogP contribution in [0.4, 0.5) is 0 Å². The summed E-state index contributed by atoms with van der Waals surface area (Å²) in [6, 6.07) is 13.5. The highest BCUT2D eigenvalue weighted by atomic mass is 16.5. The first-order valence-electron chi connectivity index (χ1n) is 10.4. The molecule has 0 unspecified atom stereocenters. The van der Waals surface area contributed by atoms with Gasteiger partial charge in [0.2, 0.25) is 0 Å². The zero-order valence-corrected chi connectivity index (χ0v) is 17.2. The van der Waals surface area contributed by atoms with Crippen molar-refractivity contribution in [1.82, 2.24) is 15.2 Å². The van der Waals surface area contributed by atoms with Crippen molar-refractivity contribution in [1.29, 1.82) is 0 Å². The smallest absolute Gasteiger partial charge is 0.255 e. The lowest BCUT2D eigenvalue weighted by Gasteiger charge is -2.32. The van der Waals surface area contributed by atoms with Crippen LogP contribution in [0.2, 0.25) is 0 Å². The van der Waals surface area contributed by atoms with E-state index in [4.69, 9.17) is 9.15 Å². The number of hydrogen-bond acceptors (Lipinski definition) is 5. The van der Waals surface area contributed by atoms with Crippen LogP contribution in [0.5, 0.6) is 5.75 Å². The number of aromatic nitrogens is 1. The van der Waals surface area contributed by atoms with Crippen LogP contribution < -0.4 is 10.1 Å². The van der Waals surface area contributed by atoms with Crippen LogP contribution in [0.15, 0.2) is 65.5 Å². The van der Waals surface area contributed by atoms with Crippen molar-refractivity contribution in [3.05, 3.63) is 83.6 Å². The topological polar surface area (TPSA) is 67.6 Å². The van der Waals surface area contributed by atoms with Crippen molar-refractivity contribution in [2.75, 3.05) is 13.1 Å². The molecule has 6 nitrogen and oxygen atoms in total. The fourth-order valence-corrected chi connectivity index (χ4v) is 3.71. The third-order valence-corrected chi connectivity index (χ3v) is 5.37. The summed E-state index contributed by atoms with van der Waals surface area (Å²) in [6.07, 6.45) is 7.25. The minimum absolute atomic E-state index is 0.109. The first-order valence-corrected chi connectivity index (χ1v) is 10.4. The molecule has 30 heavy (non-hydrogen) atoms. The first-order chi connectivity index (χ1) is 14.7. The summed E-state index contributed by atoms with van der Waals surface area (Å²) < 4.78 is 11.6. The summed E-state index contributed by atoms with van der Waals surface area (Å²) in [5.41, 5.74) is 2.87. The van der Waals surface area contributed by atoms with Crippen molar-refractivity contribution in [2.45, 2.75) is 39.0 Å². The summed E-state index contributed by atoms with van der Waals surface area (Å²) in [4.78, 5) is 19.3. The van der Waals surface area contributed by atoms with E-state index in [2.05, 4.69) is 27.3 Å². The number of rotatable bonds is 7. The van der Waals surface area contributed by atoms with Crippen molar-refractivity contribution in [2.24, 2.45) is 0 Å². The molecule has 0 saturated carbocycles. The monoisotopic (exact) mass is 405 g/mol. The summed E-state index contributed by atoms with van der Waals surface area (Å²) in [5, 5.41) is 2.91. The van der Waals surface area contributed by atoms with Gasteiger partial charge in [-0.3, -0.25) is 14.7 Å². The number of benzene rings is 1. The Hall–Kier alpha value is -3.12. The summed E-state index contributed by atoms with van der Waals surface area (Å²) >= 11 is 0. The van der Waals surface area contributed by atoms with Gasteiger partial charge in [-0.1, -0.05) is 11.6 Å². The van der Waals surface area contributed by atoms with Gasteiger partial charge in [-0.2, -0.15) is 0 Å². The number of pyridine rings is 1. The second kappa shape index (κ2) is 9.59. The van der Waals surface area contributed by atoms with Gasteiger partial charge < -0.3 is 14.5 Å². The van der Waals surface area contributed by atoms with E-state index in [1.54, 1.807) is 6.26 Å². The van der Waals surface area contributed by atoms with E-state index in [0.717, 1.165) is 43.8 Å². The number of nitrogens with one attached hydrogen (secondary N) is 1. The van der Waals surface area contributed by atoms with Crippen LogP contribution >= 0.6 is 0 Å². The molecule has 1 amide bonds. The average molecular weight is 405 g/mol. The minimum atomic E-state index is -0.153. The molecule has 0 spiro atoms. The van der Waals surface area contributed by atoms with Crippen LogP contribution in [-0.4, -0.2) is 35.0 Å². The highest BCUT2D eigenvalue weighted by Gasteiger charge is 2.23. The fourth-order valence-electron chi connectivity index (χ4n) is 3.71. The molecule has 1 aromatic carbocycles. The predicted octanol–water partition coefficient (Wildman–Crippen LogP) is 3.96. The Morgan fingerprint density at radius 3 is 2.73 bits per heavy atom. The first kappa shape index (κ1) is 20.2.